The number of rotatable bonds is 3. The summed E-state index contributed by atoms with van der Waals surface area (Å²) in [6.07, 6.45) is 2.69. The topological polar surface area (TPSA) is 4.44 Å². The zero-order valence-corrected chi connectivity index (χ0v) is 9.23. The fourth-order valence-corrected chi connectivity index (χ4v) is 0.530. The predicted octanol–water partition coefficient (Wildman–Crippen LogP) is 3.31. The van der Waals surface area contributed by atoms with Crippen LogP contribution in [0.15, 0.2) is 0 Å². The van der Waals surface area contributed by atoms with Crippen molar-refractivity contribution in [1.82, 2.24) is 0 Å². The summed E-state index contributed by atoms with van der Waals surface area (Å²) in [7, 11) is -6.28. The molecule has 1 nitrogen and oxygen atoms in total. The van der Waals surface area contributed by atoms with E-state index in [0.29, 0.717) is 0 Å². The summed E-state index contributed by atoms with van der Waals surface area (Å²) in [5, 5.41) is 0. The van der Waals surface area contributed by atoms with Crippen molar-refractivity contribution < 1.29 is 30.1 Å². The molecule has 0 amide bonds. The molecule has 8 heteroatoms. The van der Waals surface area contributed by atoms with Crippen LogP contribution in [0.3, 0.4) is 0 Å². The summed E-state index contributed by atoms with van der Waals surface area (Å²) in [6.45, 7) is 3.54. The molecule has 0 radical (unpaired) electrons. The molecule has 0 heterocycles. The Morgan fingerprint density at radius 1 is 0.929 bits per heavy atom. The van der Waals surface area contributed by atoms with Crippen molar-refractivity contribution in [2.75, 3.05) is 20.6 Å². The number of hydrogen-bond acceptors (Lipinski definition) is 0. The molecular weight excluding hydrogens is 231 g/mol. The Morgan fingerprint density at radius 2 is 1.21 bits per heavy atom. The SMILES string of the molecule is CCCC[NH+](C)C.F[P-](F)(F)(F)(F)F. The van der Waals surface area contributed by atoms with Gasteiger partial charge in [0.25, 0.3) is 0 Å². The van der Waals surface area contributed by atoms with E-state index in [9.17, 15) is 25.2 Å². The first-order valence-electron chi connectivity index (χ1n) is 4.07. The van der Waals surface area contributed by atoms with E-state index in [-0.39, 0.29) is 0 Å². The summed E-state index contributed by atoms with van der Waals surface area (Å²) >= 11 is 0. The Labute approximate surface area is 79.3 Å². The van der Waals surface area contributed by atoms with Crippen molar-refractivity contribution in [2.24, 2.45) is 0 Å². The molecule has 0 unspecified atom stereocenters. The molecule has 0 aromatic heterocycles. The van der Waals surface area contributed by atoms with Crippen LogP contribution >= 0.6 is 7.81 Å². The first kappa shape index (κ1) is 16.4. The van der Waals surface area contributed by atoms with Crippen LogP contribution in [0.25, 0.3) is 0 Å². The monoisotopic (exact) mass is 247 g/mol. The molecule has 0 aliphatic rings. The van der Waals surface area contributed by atoms with E-state index in [4.69, 9.17) is 0 Å². The maximum atomic E-state index is 9.87. The molecule has 0 bridgehead atoms. The molecule has 0 spiro atoms. The molecule has 0 aromatic rings. The van der Waals surface area contributed by atoms with Gasteiger partial charge in [-0.15, -0.1) is 0 Å². The Hall–Kier alpha value is -0.0300. The van der Waals surface area contributed by atoms with Crippen molar-refractivity contribution in [3.05, 3.63) is 0 Å². The third-order valence-corrected chi connectivity index (χ3v) is 1.03. The fourth-order valence-electron chi connectivity index (χ4n) is 0.530. The Bertz CT molecular complexity index is 146. The van der Waals surface area contributed by atoms with Crippen molar-refractivity contribution in [1.29, 1.82) is 0 Å². The summed E-state index contributed by atoms with van der Waals surface area (Å²) in [5.41, 5.74) is 0. The number of nitrogens with one attached hydrogen (secondary N) is 1. The van der Waals surface area contributed by atoms with Crippen LogP contribution in [0, 0.1) is 0 Å². The standard InChI is InChI=1S/C6H15N.F6P/c1-4-5-6-7(2)3;1-7(2,3,4,5)6/h4-6H2,1-3H3;/q;-1/p+1. The number of unbranched alkanes of at least 4 members (excludes halogenated alkanes) is 1. The summed E-state index contributed by atoms with van der Waals surface area (Å²) < 4.78 is 59.2. The molecule has 0 rings (SSSR count). The van der Waals surface area contributed by atoms with Gasteiger partial charge in [0.1, 0.15) is 0 Å². The molecule has 0 aliphatic carbocycles. The van der Waals surface area contributed by atoms with Crippen molar-refractivity contribution in [3.63, 3.8) is 0 Å². The van der Waals surface area contributed by atoms with Crippen LogP contribution in [-0.4, -0.2) is 20.6 Å². The van der Waals surface area contributed by atoms with Gasteiger partial charge in [-0.05, 0) is 6.42 Å². The van der Waals surface area contributed by atoms with Gasteiger partial charge < -0.3 is 4.90 Å². The zero-order chi connectivity index (χ0) is 12.1. The van der Waals surface area contributed by atoms with E-state index in [1.807, 2.05) is 0 Å². The molecule has 14 heavy (non-hydrogen) atoms. The minimum absolute atomic E-state index is 1.32. The van der Waals surface area contributed by atoms with Crippen LogP contribution in [0.1, 0.15) is 19.8 Å². The van der Waals surface area contributed by atoms with Crippen molar-refractivity contribution in [2.45, 2.75) is 19.8 Å². The van der Waals surface area contributed by atoms with Crippen LogP contribution < -0.4 is 4.90 Å². The fraction of sp³-hybridized carbons (Fsp3) is 1.00. The first-order chi connectivity index (χ1) is 5.72. The average molecular weight is 247 g/mol. The average Bonchev–Trinajstić information content (AvgIpc) is 1.75. The second-order valence-corrected chi connectivity index (χ2v) is 5.19. The Balaban J connectivity index is 0. The van der Waals surface area contributed by atoms with Gasteiger partial charge in [-0.25, -0.2) is 0 Å². The van der Waals surface area contributed by atoms with E-state index < -0.39 is 7.81 Å². The summed E-state index contributed by atoms with van der Waals surface area (Å²) in [6, 6.07) is 0. The third-order valence-electron chi connectivity index (χ3n) is 1.03. The van der Waals surface area contributed by atoms with E-state index in [2.05, 4.69) is 21.0 Å². The van der Waals surface area contributed by atoms with Gasteiger partial charge >= 0.3 is 33.0 Å². The van der Waals surface area contributed by atoms with Gasteiger partial charge in [-0.1, -0.05) is 13.3 Å². The molecule has 0 fully saturated rings. The second-order valence-electron chi connectivity index (χ2n) is 3.27. The van der Waals surface area contributed by atoms with Gasteiger partial charge in [-0.2, -0.15) is 0 Å². The molecular formula is C6H16F6NP. The van der Waals surface area contributed by atoms with Crippen LogP contribution in [-0.2, 0) is 0 Å². The van der Waals surface area contributed by atoms with Gasteiger partial charge in [0, 0.05) is 0 Å². The zero-order valence-electron chi connectivity index (χ0n) is 8.34. The number of hydrogen-bond donors (Lipinski definition) is 1. The molecule has 1 N–H and O–H groups in total. The molecule has 0 aliphatic heterocycles. The molecule has 92 valence electrons. The maximum absolute atomic E-state index is 10.7. The molecule has 0 saturated heterocycles. The van der Waals surface area contributed by atoms with Gasteiger partial charge in [0.2, 0.25) is 0 Å². The van der Waals surface area contributed by atoms with E-state index in [1.165, 1.54) is 19.4 Å². The minimum atomic E-state index is -10.7. The van der Waals surface area contributed by atoms with Crippen LogP contribution in [0.5, 0.6) is 0 Å². The number of quaternary nitrogens is 1. The van der Waals surface area contributed by atoms with E-state index in [1.54, 1.807) is 4.90 Å². The van der Waals surface area contributed by atoms with Gasteiger partial charge in [0.15, 0.2) is 0 Å². The Kier molecular flexibility index (Phi) is 4.95. The normalized spacial score (nSPS) is 16.7. The van der Waals surface area contributed by atoms with Gasteiger partial charge in [0.05, 0.1) is 20.6 Å². The van der Waals surface area contributed by atoms with Crippen LogP contribution in [0.4, 0.5) is 25.2 Å². The molecule has 0 aromatic carbocycles. The van der Waals surface area contributed by atoms with Crippen LogP contribution in [0.2, 0.25) is 0 Å². The molecule has 0 saturated carbocycles. The van der Waals surface area contributed by atoms with Crippen molar-refractivity contribution >= 4 is 7.81 Å². The summed E-state index contributed by atoms with van der Waals surface area (Å²) in [5.74, 6) is 0. The van der Waals surface area contributed by atoms with Gasteiger partial charge in [-0.3, -0.25) is 0 Å². The predicted molar refractivity (Wildman–Crippen MR) is 46.2 cm³/mol. The van der Waals surface area contributed by atoms with E-state index in [0.717, 1.165) is 0 Å². The van der Waals surface area contributed by atoms with Crippen molar-refractivity contribution in [3.8, 4) is 0 Å². The summed E-state index contributed by atoms with van der Waals surface area (Å²) in [4.78, 5) is 1.56. The van der Waals surface area contributed by atoms with E-state index >= 15 is 0 Å². The Morgan fingerprint density at radius 3 is 1.29 bits per heavy atom. The third kappa shape index (κ3) is 91.4. The quantitative estimate of drug-likeness (QED) is 0.576. The molecule has 0 atom stereocenters. The second kappa shape index (κ2) is 4.23. The first-order valence-corrected chi connectivity index (χ1v) is 6.10. The number of halogens is 6.